The highest BCUT2D eigenvalue weighted by atomic mass is 16.3. The lowest BCUT2D eigenvalue weighted by atomic mass is 10.0. The second kappa shape index (κ2) is 8.30. The molecule has 8 nitrogen and oxygen atoms in total. The van der Waals surface area contributed by atoms with Crippen molar-refractivity contribution in [2.45, 2.75) is 38.1 Å². The third-order valence-electron chi connectivity index (χ3n) is 5.05. The van der Waals surface area contributed by atoms with Crippen LogP contribution in [0.4, 0.5) is 11.6 Å². The third kappa shape index (κ3) is 4.00. The van der Waals surface area contributed by atoms with Crippen LogP contribution in [0.15, 0.2) is 36.8 Å². The molecule has 0 aliphatic carbocycles. The molecule has 2 N–H and O–H groups in total. The van der Waals surface area contributed by atoms with Crippen LogP contribution in [0.5, 0.6) is 0 Å². The van der Waals surface area contributed by atoms with Gasteiger partial charge in [0.1, 0.15) is 23.8 Å². The lowest BCUT2D eigenvalue weighted by Crippen LogP contribution is -2.42. The van der Waals surface area contributed by atoms with E-state index in [1.807, 2.05) is 34.9 Å². The van der Waals surface area contributed by atoms with Crippen molar-refractivity contribution in [2.75, 3.05) is 29.9 Å². The molecule has 27 heavy (non-hydrogen) atoms. The Morgan fingerprint density at radius 3 is 3.07 bits per heavy atom. The molecule has 1 aliphatic heterocycles. The van der Waals surface area contributed by atoms with Crippen LogP contribution in [-0.2, 0) is 6.42 Å². The van der Waals surface area contributed by atoms with Gasteiger partial charge < -0.3 is 15.3 Å². The predicted octanol–water partition coefficient (Wildman–Crippen LogP) is 1.92. The topological polar surface area (TPSA) is 91.5 Å². The van der Waals surface area contributed by atoms with Crippen LogP contribution >= 0.6 is 0 Å². The molecule has 142 valence electrons. The van der Waals surface area contributed by atoms with Crippen molar-refractivity contribution in [1.82, 2.24) is 24.6 Å². The molecule has 0 saturated carbocycles. The number of fused-ring (bicyclic) bond motifs is 1. The molecule has 0 amide bonds. The molecule has 0 bridgehead atoms. The fraction of sp³-hybridized carbons (Fsp3) is 0.474. The van der Waals surface area contributed by atoms with Crippen molar-refractivity contribution in [1.29, 1.82) is 0 Å². The van der Waals surface area contributed by atoms with Gasteiger partial charge >= 0.3 is 0 Å². The van der Waals surface area contributed by atoms with Crippen LogP contribution < -0.4 is 10.2 Å². The van der Waals surface area contributed by atoms with Gasteiger partial charge in [0.2, 0.25) is 0 Å². The van der Waals surface area contributed by atoms with E-state index >= 15 is 0 Å². The van der Waals surface area contributed by atoms with Gasteiger partial charge in [-0.05, 0) is 37.8 Å². The number of aromatic nitrogens is 5. The van der Waals surface area contributed by atoms with Crippen LogP contribution in [0.25, 0.3) is 5.65 Å². The SMILES string of the molecule is OCC1CCCCN1c1cc(NCCCc2nnc3ccccn23)ncn1. The molecule has 1 atom stereocenters. The number of aryl methyl sites for hydroxylation is 1. The molecule has 4 heterocycles. The molecule has 1 unspecified atom stereocenters. The van der Waals surface area contributed by atoms with Gasteiger partial charge in [-0.25, -0.2) is 9.97 Å². The van der Waals surface area contributed by atoms with E-state index in [0.29, 0.717) is 0 Å². The summed E-state index contributed by atoms with van der Waals surface area (Å²) in [5.41, 5.74) is 0.876. The predicted molar refractivity (Wildman–Crippen MR) is 104 cm³/mol. The van der Waals surface area contributed by atoms with E-state index in [4.69, 9.17) is 0 Å². The van der Waals surface area contributed by atoms with Gasteiger partial charge in [-0.15, -0.1) is 10.2 Å². The van der Waals surface area contributed by atoms with Gasteiger partial charge in [0.15, 0.2) is 5.65 Å². The summed E-state index contributed by atoms with van der Waals surface area (Å²) in [6.07, 6.45) is 8.66. The normalized spacial score (nSPS) is 17.4. The number of piperidine rings is 1. The number of rotatable bonds is 7. The van der Waals surface area contributed by atoms with Crippen molar-refractivity contribution in [3.8, 4) is 0 Å². The highest BCUT2D eigenvalue weighted by Crippen LogP contribution is 2.24. The zero-order chi connectivity index (χ0) is 18.5. The lowest BCUT2D eigenvalue weighted by Gasteiger charge is -2.35. The van der Waals surface area contributed by atoms with Gasteiger partial charge in [0.25, 0.3) is 0 Å². The number of aliphatic hydroxyl groups excluding tert-OH is 1. The molecule has 0 radical (unpaired) electrons. The maximum absolute atomic E-state index is 9.62. The van der Waals surface area contributed by atoms with Gasteiger partial charge in [-0.3, -0.25) is 4.40 Å². The largest absolute Gasteiger partial charge is 0.394 e. The first-order valence-electron chi connectivity index (χ1n) is 9.57. The fourth-order valence-corrected chi connectivity index (χ4v) is 3.62. The van der Waals surface area contributed by atoms with Crippen molar-refractivity contribution in [3.05, 3.63) is 42.6 Å². The lowest BCUT2D eigenvalue weighted by molar-refractivity contribution is 0.239. The summed E-state index contributed by atoms with van der Waals surface area (Å²) in [7, 11) is 0. The number of pyridine rings is 1. The van der Waals surface area contributed by atoms with Crippen molar-refractivity contribution >= 4 is 17.3 Å². The van der Waals surface area contributed by atoms with Crippen LogP contribution in [0.1, 0.15) is 31.5 Å². The van der Waals surface area contributed by atoms with Crippen LogP contribution in [0.2, 0.25) is 0 Å². The van der Waals surface area contributed by atoms with E-state index in [1.165, 1.54) is 0 Å². The van der Waals surface area contributed by atoms with Crippen molar-refractivity contribution in [2.24, 2.45) is 0 Å². The first-order chi connectivity index (χ1) is 13.3. The Bertz CT molecular complexity index is 881. The summed E-state index contributed by atoms with van der Waals surface area (Å²) in [5, 5.41) is 21.4. The summed E-state index contributed by atoms with van der Waals surface area (Å²) in [4.78, 5) is 10.9. The highest BCUT2D eigenvalue weighted by Gasteiger charge is 2.23. The maximum atomic E-state index is 9.62. The van der Waals surface area contributed by atoms with Crippen molar-refractivity contribution in [3.63, 3.8) is 0 Å². The summed E-state index contributed by atoms with van der Waals surface area (Å²) >= 11 is 0. The minimum atomic E-state index is 0.155. The van der Waals surface area contributed by atoms with Gasteiger partial charge in [-0.1, -0.05) is 6.07 Å². The highest BCUT2D eigenvalue weighted by molar-refractivity contribution is 5.49. The number of aliphatic hydroxyl groups is 1. The average Bonchev–Trinajstić information content (AvgIpc) is 3.14. The minimum Gasteiger partial charge on any atom is -0.394 e. The molecule has 1 aliphatic rings. The second-order valence-corrected chi connectivity index (χ2v) is 6.86. The number of nitrogens with one attached hydrogen (secondary N) is 1. The molecular weight excluding hydrogens is 342 g/mol. The van der Waals surface area contributed by atoms with Crippen LogP contribution in [0.3, 0.4) is 0 Å². The monoisotopic (exact) mass is 367 g/mol. The Kier molecular flexibility index (Phi) is 5.43. The van der Waals surface area contributed by atoms with Gasteiger partial charge in [-0.2, -0.15) is 0 Å². The van der Waals surface area contributed by atoms with E-state index < -0.39 is 0 Å². The summed E-state index contributed by atoms with van der Waals surface area (Å²) in [6, 6.07) is 8.03. The molecule has 0 spiro atoms. The van der Waals surface area contributed by atoms with E-state index in [2.05, 4.69) is 30.4 Å². The molecule has 1 fully saturated rings. The summed E-state index contributed by atoms with van der Waals surface area (Å²) in [6.45, 7) is 1.89. The molecule has 4 rings (SSSR count). The molecular formula is C19H25N7O. The Morgan fingerprint density at radius 1 is 1.19 bits per heavy atom. The Labute approximate surface area is 158 Å². The van der Waals surface area contributed by atoms with E-state index in [-0.39, 0.29) is 12.6 Å². The maximum Gasteiger partial charge on any atom is 0.160 e. The smallest absolute Gasteiger partial charge is 0.160 e. The zero-order valence-electron chi connectivity index (χ0n) is 15.3. The van der Waals surface area contributed by atoms with Crippen LogP contribution in [0, 0.1) is 0 Å². The Hall–Kier alpha value is -2.74. The van der Waals surface area contributed by atoms with Crippen molar-refractivity contribution < 1.29 is 5.11 Å². The fourth-order valence-electron chi connectivity index (χ4n) is 3.62. The molecule has 1 saturated heterocycles. The van der Waals surface area contributed by atoms with E-state index in [1.54, 1.807) is 6.33 Å². The number of nitrogens with zero attached hydrogens (tertiary/aromatic N) is 6. The Balaban J connectivity index is 1.33. The van der Waals surface area contributed by atoms with Gasteiger partial charge in [0.05, 0.1) is 12.6 Å². The molecule has 3 aromatic rings. The number of hydrogen-bond donors (Lipinski definition) is 2. The molecule has 0 aromatic carbocycles. The minimum absolute atomic E-state index is 0.155. The van der Waals surface area contributed by atoms with Gasteiger partial charge in [0, 0.05) is 31.8 Å². The average molecular weight is 367 g/mol. The molecule has 8 heteroatoms. The Morgan fingerprint density at radius 2 is 2.15 bits per heavy atom. The second-order valence-electron chi connectivity index (χ2n) is 6.86. The summed E-state index contributed by atoms with van der Waals surface area (Å²) in [5.74, 6) is 2.66. The zero-order valence-corrected chi connectivity index (χ0v) is 15.3. The third-order valence-corrected chi connectivity index (χ3v) is 5.05. The summed E-state index contributed by atoms with van der Waals surface area (Å²) < 4.78 is 2.02. The standard InChI is InChI=1S/C19H25N7O/c27-13-15-6-1-3-10-25(15)19-12-16(21-14-22-19)20-9-5-8-18-24-23-17-7-2-4-11-26(17)18/h2,4,7,11-12,14-15,27H,1,3,5-6,8-10,13H2,(H,20,21,22). The number of hydrogen-bond acceptors (Lipinski definition) is 7. The first-order valence-corrected chi connectivity index (χ1v) is 9.57. The van der Waals surface area contributed by atoms with E-state index in [0.717, 1.165) is 68.3 Å². The quantitative estimate of drug-likeness (QED) is 0.616. The number of anilines is 2. The van der Waals surface area contributed by atoms with E-state index in [9.17, 15) is 5.11 Å². The molecule has 3 aromatic heterocycles. The van der Waals surface area contributed by atoms with Crippen LogP contribution in [-0.4, -0.2) is 55.4 Å². The first kappa shape index (κ1) is 17.7.